The Hall–Kier alpha value is -3.98. The van der Waals surface area contributed by atoms with Crippen molar-refractivity contribution in [1.29, 1.82) is 0 Å². The van der Waals surface area contributed by atoms with Crippen molar-refractivity contribution in [2.75, 3.05) is 24.3 Å². The number of nitrogens with zero attached hydrogens (tertiary/aromatic N) is 4. The van der Waals surface area contributed by atoms with Gasteiger partial charge >= 0.3 is 0 Å². The summed E-state index contributed by atoms with van der Waals surface area (Å²) in [6.45, 7) is 2.26. The van der Waals surface area contributed by atoms with Gasteiger partial charge in [-0.05, 0) is 31.2 Å². The molecular weight excluding hydrogens is 442 g/mol. The Balaban J connectivity index is 1.67. The first kappa shape index (κ1) is 20.9. The van der Waals surface area contributed by atoms with Crippen molar-refractivity contribution in [3.8, 4) is 5.69 Å². The molecule has 0 spiro atoms. The molecule has 2 aromatic carbocycles. The van der Waals surface area contributed by atoms with Crippen LogP contribution < -0.4 is 21.2 Å². The minimum Gasteiger partial charge on any atom is -0.346 e. The van der Waals surface area contributed by atoms with E-state index in [4.69, 9.17) is 16.6 Å². The van der Waals surface area contributed by atoms with Gasteiger partial charge < -0.3 is 10.2 Å². The molecular formula is C23H21ClN7O2+. The van der Waals surface area contributed by atoms with E-state index >= 15 is 0 Å². The second-order valence-electron chi connectivity index (χ2n) is 7.79. The van der Waals surface area contributed by atoms with Crippen LogP contribution in [0.25, 0.3) is 16.6 Å². The number of fused-ring (bicyclic) bond motifs is 2. The van der Waals surface area contributed by atoms with Crippen LogP contribution in [0, 0.1) is 0 Å². The Labute approximate surface area is 194 Å². The van der Waals surface area contributed by atoms with Crippen LogP contribution in [0.4, 0.5) is 11.6 Å². The number of para-hydroxylation sites is 1. The zero-order chi connectivity index (χ0) is 23.1. The molecule has 4 aromatic rings. The van der Waals surface area contributed by atoms with Crippen LogP contribution in [0.5, 0.6) is 0 Å². The lowest BCUT2D eigenvalue weighted by atomic mass is 10.1. The molecule has 9 nitrogen and oxygen atoms in total. The molecule has 10 heteroatoms. The number of rotatable bonds is 4. The number of carbonyl (C=O) groups excluding carboxylic acids is 1. The van der Waals surface area contributed by atoms with Gasteiger partial charge in [0, 0.05) is 7.05 Å². The topological polar surface area (TPSA) is 106 Å². The third-order valence-electron chi connectivity index (χ3n) is 5.57. The zero-order valence-electron chi connectivity index (χ0n) is 18.0. The van der Waals surface area contributed by atoms with Gasteiger partial charge in [0.1, 0.15) is 12.5 Å². The van der Waals surface area contributed by atoms with E-state index in [0.717, 1.165) is 0 Å². The van der Waals surface area contributed by atoms with Crippen LogP contribution in [0.1, 0.15) is 29.1 Å². The summed E-state index contributed by atoms with van der Waals surface area (Å²) >= 11 is 6.36. The number of anilines is 2. The highest BCUT2D eigenvalue weighted by Gasteiger charge is 2.32. The van der Waals surface area contributed by atoms with Crippen molar-refractivity contribution in [3.63, 3.8) is 0 Å². The molecule has 0 fully saturated rings. The van der Waals surface area contributed by atoms with Crippen molar-refractivity contribution in [1.82, 2.24) is 19.4 Å². The van der Waals surface area contributed by atoms with Crippen LogP contribution in [-0.4, -0.2) is 39.1 Å². The summed E-state index contributed by atoms with van der Waals surface area (Å²) in [4.78, 5) is 40.1. The molecule has 166 valence electrons. The van der Waals surface area contributed by atoms with Crippen LogP contribution in [-0.2, 0) is 0 Å². The highest BCUT2D eigenvalue weighted by molar-refractivity contribution is 6.35. The lowest BCUT2D eigenvalue weighted by molar-refractivity contribution is -0.366. The van der Waals surface area contributed by atoms with E-state index in [0.29, 0.717) is 51.3 Å². The molecule has 1 amide bonds. The molecule has 1 unspecified atom stereocenters. The molecule has 0 bridgehead atoms. The lowest BCUT2D eigenvalue weighted by Crippen LogP contribution is -2.40. The Morgan fingerprint density at radius 1 is 1.15 bits per heavy atom. The maximum Gasteiger partial charge on any atom is 0.268 e. The molecule has 5 rings (SSSR count). The highest BCUT2D eigenvalue weighted by atomic mass is 35.5. The van der Waals surface area contributed by atoms with Gasteiger partial charge in [0.05, 0.1) is 27.7 Å². The number of hydrogen-bond donors (Lipinski definition) is 2. The van der Waals surface area contributed by atoms with E-state index in [2.05, 4.69) is 20.6 Å². The number of amides is 1. The molecule has 0 aliphatic carbocycles. The average molecular weight is 463 g/mol. The van der Waals surface area contributed by atoms with Gasteiger partial charge in [-0.1, -0.05) is 40.9 Å². The van der Waals surface area contributed by atoms with E-state index in [-0.39, 0.29) is 11.5 Å². The Morgan fingerprint density at radius 3 is 2.73 bits per heavy atom. The number of nitrogens with one attached hydrogen (secondary N) is 3. The quantitative estimate of drug-likeness (QED) is 0.483. The number of aromatic nitrogens is 4. The minimum absolute atomic E-state index is 0.165. The first-order valence-electron chi connectivity index (χ1n) is 10.4. The maximum atomic E-state index is 13.6. The fourth-order valence-electron chi connectivity index (χ4n) is 3.93. The number of halogens is 1. The van der Waals surface area contributed by atoms with Gasteiger partial charge in [-0.15, -0.1) is 0 Å². The second-order valence-corrected chi connectivity index (χ2v) is 8.19. The summed E-state index contributed by atoms with van der Waals surface area (Å²) < 4.78 is 1.54. The molecule has 33 heavy (non-hydrogen) atoms. The summed E-state index contributed by atoms with van der Waals surface area (Å²) in [5.74, 6) is 1.28. The number of benzene rings is 2. The predicted octanol–water partition coefficient (Wildman–Crippen LogP) is 2.88. The Bertz CT molecular complexity index is 1440. The van der Waals surface area contributed by atoms with E-state index in [9.17, 15) is 9.59 Å². The van der Waals surface area contributed by atoms with Crippen LogP contribution >= 0.6 is 11.6 Å². The maximum absolute atomic E-state index is 13.6. The summed E-state index contributed by atoms with van der Waals surface area (Å²) in [7, 11) is 1.71. The van der Waals surface area contributed by atoms with Crippen molar-refractivity contribution < 1.29 is 9.78 Å². The van der Waals surface area contributed by atoms with Gasteiger partial charge in [0.15, 0.2) is 5.56 Å². The molecule has 1 atom stereocenters. The van der Waals surface area contributed by atoms with E-state index in [1.165, 1.54) is 6.33 Å². The SMILES string of the molecule is CC(Nc1nc[nH+]c2c1C(=O)N(C)CN2)c1nc2cccc(Cl)c2c(=O)n1-c1ccccc1. The lowest BCUT2D eigenvalue weighted by Gasteiger charge is -2.24. The van der Waals surface area contributed by atoms with E-state index < -0.39 is 6.04 Å². The van der Waals surface area contributed by atoms with Crippen molar-refractivity contribution in [2.24, 2.45) is 0 Å². The van der Waals surface area contributed by atoms with Gasteiger partial charge in [-0.25, -0.2) is 9.97 Å². The van der Waals surface area contributed by atoms with E-state index in [1.807, 2.05) is 37.3 Å². The number of H-pyrrole nitrogens is 1. The molecule has 2 aromatic heterocycles. The first-order chi connectivity index (χ1) is 16.0. The largest absolute Gasteiger partial charge is 0.346 e. The number of aromatic amines is 1. The van der Waals surface area contributed by atoms with Gasteiger partial charge in [-0.3, -0.25) is 19.5 Å². The van der Waals surface area contributed by atoms with Crippen molar-refractivity contribution >= 4 is 40.0 Å². The monoisotopic (exact) mass is 462 g/mol. The smallest absolute Gasteiger partial charge is 0.268 e. The molecule has 3 N–H and O–H groups in total. The molecule has 1 aliphatic rings. The van der Waals surface area contributed by atoms with Gasteiger partial charge in [0.2, 0.25) is 18.0 Å². The summed E-state index contributed by atoms with van der Waals surface area (Å²) in [5.41, 5.74) is 1.29. The Morgan fingerprint density at radius 2 is 1.94 bits per heavy atom. The zero-order valence-corrected chi connectivity index (χ0v) is 18.7. The summed E-state index contributed by atoms with van der Waals surface area (Å²) in [6, 6.07) is 14.0. The molecule has 0 saturated heterocycles. The van der Waals surface area contributed by atoms with Crippen LogP contribution in [0.15, 0.2) is 59.7 Å². The van der Waals surface area contributed by atoms with E-state index in [1.54, 1.807) is 34.7 Å². The standard InChI is InChI=1S/C23H20ClN7O2/c1-13(28-20-18-19(25-11-26-20)27-12-30(2)22(18)32)21-29-16-10-6-9-15(24)17(16)23(33)31(21)14-7-4-3-5-8-14/h3-11,13H,12H2,1-2H3,(H2,25,26,27,28)/p+1. The predicted molar refractivity (Wildman–Crippen MR) is 126 cm³/mol. The number of hydrogen-bond acceptors (Lipinski definition) is 6. The van der Waals surface area contributed by atoms with Gasteiger partial charge in [-0.2, -0.15) is 0 Å². The molecule has 3 heterocycles. The average Bonchev–Trinajstić information content (AvgIpc) is 2.82. The highest BCUT2D eigenvalue weighted by Crippen LogP contribution is 2.28. The minimum atomic E-state index is -0.472. The molecule has 1 aliphatic heterocycles. The molecule has 0 saturated carbocycles. The molecule has 0 radical (unpaired) electrons. The first-order valence-corrected chi connectivity index (χ1v) is 10.8. The van der Waals surface area contributed by atoms with Crippen LogP contribution in [0.2, 0.25) is 5.02 Å². The normalized spacial score (nSPS) is 14.0. The Kier molecular flexibility index (Phi) is 5.18. The van der Waals surface area contributed by atoms with Crippen molar-refractivity contribution in [3.05, 3.63) is 81.6 Å². The fraction of sp³-hybridized carbons (Fsp3) is 0.174. The number of carbonyl (C=O) groups is 1. The fourth-order valence-corrected chi connectivity index (χ4v) is 4.18. The third kappa shape index (κ3) is 3.56. The summed E-state index contributed by atoms with van der Waals surface area (Å²) in [6.07, 6.45) is 1.51. The van der Waals surface area contributed by atoms with Gasteiger partial charge in [0.25, 0.3) is 11.5 Å². The second kappa shape index (κ2) is 8.18. The van der Waals surface area contributed by atoms with Crippen molar-refractivity contribution in [2.45, 2.75) is 13.0 Å². The third-order valence-corrected chi connectivity index (χ3v) is 5.89. The summed E-state index contributed by atoms with van der Waals surface area (Å²) in [5, 5.41) is 7.13. The van der Waals surface area contributed by atoms with Crippen LogP contribution in [0.3, 0.4) is 0 Å².